The van der Waals surface area contributed by atoms with Gasteiger partial charge in [-0.1, -0.05) is 18.2 Å². The number of aromatic nitrogens is 1. The van der Waals surface area contributed by atoms with E-state index in [0.29, 0.717) is 5.69 Å². The Balaban J connectivity index is 1.92. The molecule has 1 unspecified atom stereocenters. The molecule has 4 N–H and O–H groups in total. The van der Waals surface area contributed by atoms with Gasteiger partial charge in [0.1, 0.15) is 0 Å². The fourth-order valence-electron chi connectivity index (χ4n) is 1.99. The predicted molar refractivity (Wildman–Crippen MR) is 83.9 cm³/mol. The molecule has 2 aromatic rings. The Morgan fingerprint density at radius 3 is 2.52 bits per heavy atom. The summed E-state index contributed by atoms with van der Waals surface area (Å²) >= 11 is 0. The highest BCUT2D eigenvalue weighted by Gasteiger charge is 2.05. The van der Waals surface area contributed by atoms with Crippen LogP contribution in [-0.4, -0.2) is 11.0 Å². The van der Waals surface area contributed by atoms with Crippen molar-refractivity contribution in [1.82, 2.24) is 10.3 Å². The van der Waals surface area contributed by atoms with Crippen molar-refractivity contribution < 1.29 is 4.79 Å². The first kappa shape index (κ1) is 15.0. The molecule has 5 heteroatoms. The molecule has 0 saturated carbocycles. The molecule has 0 aliphatic carbocycles. The zero-order chi connectivity index (χ0) is 15.2. The van der Waals surface area contributed by atoms with E-state index in [9.17, 15) is 4.79 Å². The summed E-state index contributed by atoms with van der Waals surface area (Å²) in [6.45, 7) is 4.83. The summed E-state index contributed by atoms with van der Waals surface area (Å²) in [6, 6.07) is 11.3. The standard InChI is InChI=1S/C16H20N4O/c1-11-3-4-13(9-18-11)10-19-12(2)14-5-7-15(8-6-14)20-16(17)21/h3-9,12,19H,10H2,1-2H3,(H3,17,20,21). The predicted octanol–water partition coefficient (Wildman–Crippen LogP) is 2.73. The number of carbonyl (C=O) groups excluding carboxylic acids is 1. The summed E-state index contributed by atoms with van der Waals surface area (Å²) in [5.41, 5.74) is 9.09. The van der Waals surface area contributed by atoms with Crippen LogP contribution in [0.2, 0.25) is 0 Å². The zero-order valence-corrected chi connectivity index (χ0v) is 12.3. The van der Waals surface area contributed by atoms with Gasteiger partial charge in [-0.2, -0.15) is 0 Å². The molecular formula is C16H20N4O. The molecule has 0 fully saturated rings. The second kappa shape index (κ2) is 6.85. The minimum atomic E-state index is -0.555. The van der Waals surface area contributed by atoms with Gasteiger partial charge in [-0.05, 0) is 43.2 Å². The molecule has 1 heterocycles. The molecule has 1 atom stereocenters. The van der Waals surface area contributed by atoms with Crippen LogP contribution in [0.5, 0.6) is 0 Å². The lowest BCUT2D eigenvalue weighted by Crippen LogP contribution is -2.20. The molecule has 2 rings (SSSR count). The fraction of sp³-hybridized carbons (Fsp3) is 0.250. The van der Waals surface area contributed by atoms with Crippen molar-refractivity contribution >= 4 is 11.7 Å². The number of rotatable bonds is 5. The molecule has 0 aliphatic heterocycles. The number of nitrogens with zero attached hydrogens (tertiary/aromatic N) is 1. The van der Waals surface area contributed by atoms with Gasteiger partial charge in [-0.3, -0.25) is 4.98 Å². The van der Waals surface area contributed by atoms with Gasteiger partial charge in [0, 0.05) is 30.2 Å². The van der Waals surface area contributed by atoms with Crippen molar-refractivity contribution in [2.24, 2.45) is 5.73 Å². The van der Waals surface area contributed by atoms with Crippen molar-refractivity contribution in [2.45, 2.75) is 26.4 Å². The third-order valence-electron chi connectivity index (χ3n) is 3.26. The molecule has 110 valence electrons. The van der Waals surface area contributed by atoms with Gasteiger partial charge in [-0.15, -0.1) is 0 Å². The van der Waals surface area contributed by atoms with Crippen molar-refractivity contribution in [2.75, 3.05) is 5.32 Å². The Morgan fingerprint density at radius 2 is 1.95 bits per heavy atom. The summed E-state index contributed by atoms with van der Waals surface area (Å²) in [7, 11) is 0. The first-order valence-corrected chi connectivity index (χ1v) is 6.86. The third kappa shape index (κ3) is 4.57. The number of primary amides is 1. The minimum Gasteiger partial charge on any atom is -0.351 e. The van der Waals surface area contributed by atoms with Crippen LogP contribution in [-0.2, 0) is 6.54 Å². The zero-order valence-electron chi connectivity index (χ0n) is 12.3. The highest BCUT2D eigenvalue weighted by Crippen LogP contribution is 2.16. The topological polar surface area (TPSA) is 80.0 Å². The number of nitrogens with two attached hydrogens (primary N) is 1. The molecule has 0 aliphatic rings. The summed E-state index contributed by atoms with van der Waals surface area (Å²) in [6.07, 6.45) is 1.88. The minimum absolute atomic E-state index is 0.203. The Morgan fingerprint density at radius 1 is 1.24 bits per heavy atom. The summed E-state index contributed by atoms with van der Waals surface area (Å²) in [5, 5.41) is 5.99. The summed E-state index contributed by atoms with van der Waals surface area (Å²) in [4.78, 5) is 15.0. The number of nitrogens with one attached hydrogen (secondary N) is 2. The fourth-order valence-corrected chi connectivity index (χ4v) is 1.99. The van der Waals surface area contributed by atoms with Crippen LogP contribution in [0.4, 0.5) is 10.5 Å². The van der Waals surface area contributed by atoms with Gasteiger partial charge in [0.15, 0.2) is 0 Å². The molecule has 1 aromatic heterocycles. The Hall–Kier alpha value is -2.40. The number of aryl methyl sites for hydroxylation is 1. The number of pyridine rings is 1. The van der Waals surface area contributed by atoms with Crippen molar-refractivity contribution in [3.63, 3.8) is 0 Å². The van der Waals surface area contributed by atoms with Crippen LogP contribution in [0.3, 0.4) is 0 Å². The Labute approximate surface area is 124 Å². The maximum absolute atomic E-state index is 10.8. The number of urea groups is 1. The van der Waals surface area contributed by atoms with E-state index in [1.165, 1.54) is 0 Å². The number of anilines is 1. The van der Waals surface area contributed by atoms with E-state index in [-0.39, 0.29) is 6.04 Å². The lowest BCUT2D eigenvalue weighted by Gasteiger charge is -2.15. The maximum atomic E-state index is 10.8. The molecule has 0 spiro atoms. The largest absolute Gasteiger partial charge is 0.351 e. The summed E-state index contributed by atoms with van der Waals surface area (Å²) < 4.78 is 0. The van der Waals surface area contributed by atoms with Crippen LogP contribution >= 0.6 is 0 Å². The number of carbonyl (C=O) groups is 1. The lowest BCUT2D eigenvalue weighted by molar-refractivity contribution is 0.259. The van der Waals surface area contributed by atoms with E-state index in [1.807, 2.05) is 43.5 Å². The highest BCUT2D eigenvalue weighted by atomic mass is 16.2. The average molecular weight is 284 g/mol. The Kier molecular flexibility index (Phi) is 4.90. The summed E-state index contributed by atoms with van der Waals surface area (Å²) in [5.74, 6) is 0. The number of hydrogen-bond acceptors (Lipinski definition) is 3. The van der Waals surface area contributed by atoms with Crippen LogP contribution in [0.25, 0.3) is 0 Å². The monoisotopic (exact) mass is 284 g/mol. The third-order valence-corrected chi connectivity index (χ3v) is 3.26. The lowest BCUT2D eigenvalue weighted by atomic mass is 10.1. The van der Waals surface area contributed by atoms with E-state index in [0.717, 1.165) is 23.4 Å². The number of benzene rings is 1. The van der Waals surface area contributed by atoms with Gasteiger partial charge < -0.3 is 16.4 Å². The van der Waals surface area contributed by atoms with Crippen molar-refractivity contribution in [3.05, 3.63) is 59.4 Å². The Bertz CT molecular complexity index is 593. The molecule has 1 aromatic carbocycles. The molecular weight excluding hydrogens is 264 g/mol. The van der Waals surface area contributed by atoms with Gasteiger partial charge in [-0.25, -0.2) is 4.79 Å². The number of amides is 2. The van der Waals surface area contributed by atoms with Crippen LogP contribution < -0.4 is 16.4 Å². The second-order valence-electron chi connectivity index (χ2n) is 5.02. The van der Waals surface area contributed by atoms with Gasteiger partial charge >= 0.3 is 6.03 Å². The quantitative estimate of drug-likeness (QED) is 0.789. The van der Waals surface area contributed by atoms with E-state index < -0.39 is 6.03 Å². The van der Waals surface area contributed by atoms with Crippen molar-refractivity contribution in [3.8, 4) is 0 Å². The molecule has 0 saturated heterocycles. The molecule has 0 bridgehead atoms. The average Bonchev–Trinajstić information content (AvgIpc) is 2.46. The van der Waals surface area contributed by atoms with E-state index in [1.54, 1.807) is 0 Å². The highest BCUT2D eigenvalue weighted by molar-refractivity contribution is 5.87. The van der Waals surface area contributed by atoms with Crippen LogP contribution in [0.15, 0.2) is 42.6 Å². The first-order valence-electron chi connectivity index (χ1n) is 6.86. The molecule has 2 amide bonds. The molecule has 0 radical (unpaired) electrons. The van der Waals surface area contributed by atoms with E-state index >= 15 is 0 Å². The van der Waals surface area contributed by atoms with Crippen LogP contribution in [0, 0.1) is 6.92 Å². The van der Waals surface area contributed by atoms with Gasteiger partial charge in [0.05, 0.1) is 0 Å². The second-order valence-corrected chi connectivity index (χ2v) is 5.02. The molecule has 5 nitrogen and oxygen atoms in total. The van der Waals surface area contributed by atoms with E-state index in [4.69, 9.17) is 5.73 Å². The smallest absolute Gasteiger partial charge is 0.316 e. The normalized spacial score (nSPS) is 11.9. The maximum Gasteiger partial charge on any atom is 0.316 e. The number of hydrogen-bond donors (Lipinski definition) is 3. The SMILES string of the molecule is Cc1ccc(CNC(C)c2ccc(NC(N)=O)cc2)cn1. The van der Waals surface area contributed by atoms with E-state index in [2.05, 4.69) is 28.6 Å². The molecule has 21 heavy (non-hydrogen) atoms. The van der Waals surface area contributed by atoms with Crippen LogP contribution in [0.1, 0.15) is 29.8 Å². The van der Waals surface area contributed by atoms with Crippen molar-refractivity contribution in [1.29, 1.82) is 0 Å². The van der Waals surface area contributed by atoms with Gasteiger partial charge in [0.2, 0.25) is 0 Å². The van der Waals surface area contributed by atoms with Gasteiger partial charge in [0.25, 0.3) is 0 Å². The first-order chi connectivity index (χ1) is 10.0.